The van der Waals surface area contributed by atoms with E-state index in [1.54, 1.807) is 24.3 Å². The largest absolute Gasteiger partial charge is 0.488 e. The molecule has 0 atom stereocenters. The SMILES string of the molecule is O=C(NCc1ccc(F)cc1)c1cccc(B(O)O)c1. The van der Waals surface area contributed by atoms with Gasteiger partial charge in [-0.05, 0) is 35.3 Å². The van der Waals surface area contributed by atoms with Gasteiger partial charge in [-0.15, -0.1) is 0 Å². The maximum atomic E-state index is 12.7. The minimum Gasteiger partial charge on any atom is -0.423 e. The van der Waals surface area contributed by atoms with E-state index in [-0.39, 0.29) is 23.7 Å². The molecule has 0 bridgehead atoms. The zero-order valence-electron chi connectivity index (χ0n) is 10.6. The number of hydrogen-bond donors (Lipinski definition) is 3. The molecule has 0 saturated heterocycles. The molecule has 0 radical (unpaired) electrons. The lowest BCUT2D eigenvalue weighted by molar-refractivity contribution is 0.0951. The number of amides is 1. The van der Waals surface area contributed by atoms with Gasteiger partial charge >= 0.3 is 7.12 Å². The third-order valence-electron chi connectivity index (χ3n) is 2.81. The van der Waals surface area contributed by atoms with Crippen molar-refractivity contribution in [2.75, 3.05) is 0 Å². The Balaban J connectivity index is 2.01. The van der Waals surface area contributed by atoms with Gasteiger partial charge in [-0.1, -0.05) is 24.3 Å². The molecule has 2 aromatic rings. The van der Waals surface area contributed by atoms with Gasteiger partial charge in [-0.3, -0.25) is 4.79 Å². The first-order valence-corrected chi connectivity index (χ1v) is 6.05. The number of carbonyl (C=O) groups excluding carboxylic acids is 1. The maximum Gasteiger partial charge on any atom is 0.488 e. The summed E-state index contributed by atoms with van der Waals surface area (Å²) >= 11 is 0. The van der Waals surface area contributed by atoms with Crippen molar-refractivity contribution < 1.29 is 19.2 Å². The summed E-state index contributed by atoms with van der Waals surface area (Å²) < 4.78 is 12.7. The molecule has 20 heavy (non-hydrogen) atoms. The van der Waals surface area contributed by atoms with Crippen molar-refractivity contribution >= 4 is 18.5 Å². The molecule has 0 spiro atoms. The number of hydrogen-bond acceptors (Lipinski definition) is 3. The molecular formula is C14H13BFNO3. The van der Waals surface area contributed by atoms with Gasteiger partial charge in [0.2, 0.25) is 0 Å². The highest BCUT2D eigenvalue weighted by Crippen LogP contribution is 2.03. The molecule has 0 aliphatic rings. The number of nitrogens with one attached hydrogen (secondary N) is 1. The van der Waals surface area contributed by atoms with E-state index >= 15 is 0 Å². The first-order chi connectivity index (χ1) is 9.56. The molecule has 0 saturated carbocycles. The predicted molar refractivity (Wildman–Crippen MR) is 73.8 cm³/mol. The lowest BCUT2D eigenvalue weighted by atomic mass is 9.79. The molecule has 1 amide bonds. The van der Waals surface area contributed by atoms with E-state index in [0.29, 0.717) is 5.56 Å². The average molecular weight is 273 g/mol. The number of carbonyl (C=O) groups is 1. The van der Waals surface area contributed by atoms with E-state index in [2.05, 4.69) is 5.32 Å². The highest BCUT2D eigenvalue weighted by molar-refractivity contribution is 6.58. The van der Waals surface area contributed by atoms with Gasteiger partial charge in [0.1, 0.15) is 5.82 Å². The monoisotopic (exact) mass is 273 g/mol. The smallest absolute Gasteiger partial charge is 0.423 e. The molecule has 0 aliphatic carbocycles. The summed E-state index contributed by atoms with van der Waals surface area (Å²) in [7, 11) is -1.61. The van der Waals surface area contributed by atoms with E-state index in [9.17, 15) is 9.18 Å². The van der Waals surface area contributed by atoms with E-state index in [4.69, 9.17) is 10.0 Å². The van der Waals surface area contributed by atoms with Gasteiger partial charge in [0, 0.05) is 12.1 Å². The van der Waals surface area contributed by atoms with E-state index in [1.165, 1.54) is 24.3 Å². The Bertz CT molecular complexity index is 602. The van der Waals surface area contributed by atoms with Crippen LogP contribution in [-0.4, -0.2) is 23.1 Å². The minimum absolute atomic E-state index is 0.249. The summed E-state index contributed by atoms with van der Waals surface area (Å²) in [6, 6.07) is 11.9. The van der Waals surface area contributed by atoms with Crippen LogP contribution in [0.4, 0.5) is 4.39 Å². The van der Waals surface area contributed by atoms with Gasteiger partial charge < -0.3 is 15.4 Å². The Morgan fingerprint density at radius 3 is 2.50 bits per heavy atom. The van der Waals surface area contributed by atoms with Crippen LogP contribution in [0.1, 0.15) is 15.9 Å². The summed E-state index contributed by atoms with van der Waals surface area (Å²) in [6.07, 6.45) is 0. The maximum absolute atomic E-state index is 12.7. The first kappa shape index (κ1) is 14.2. The standard InChI is InChI=1S/C14H13BFNO3/c16-13-6-4-10(5-7-13)9-17-14(18)11-2-1-3-12(8-11)15(19)20/h1-8,19-20H,9H2,(H,17,18). The van der Waals surface area contributed by atoms with Crippen molar-refractivity contribution in [2.45, 2.75) is 6.54 Å². The van der Waals surface area contributed by atoms with Gasteiger partial charge in [-0.2, -0.15) is 0 Å². The molecule has 3 N–H and O–H groups in total. The van der Waals surface area contributed by atoms with Crippen LogP contribution in [0.15, 0.2) is 48.5 Å². The Hall–Kier alpha value is -2.18. The molecular weight excluding hydrogens is 260 g/mol. The Morgan fingerprint density at radius 2 is 1.85 bits per heavy atom. The number of benzene rings is 2. The van der Waals surface area contributed by atoms with Gasteiger partial charge in [0.25, 0.3) is 5.91 Å². The predicted octanol–water partition coefficient (Wildman–Crippen LogP) is 0.436. The second kappa shape index (κ2) is 6.32. The van der Waals surface area contributed by atoms with Gasteiger partial charge in [-0.25, -0.2) is 4.39 Å². The van der Waals surface area contributed by atoms with Crippen LogP contribution in [-0.2, 0) is 6.54 Å². The Kier molecular flexibility index (Phi) is 4.50. The molecule has 2 rings (SSSR count). The summed E-state index contributed by atoms with van der Waals surface area (Å²) in [6.45, 7) is 0.269. The first-order valence-electron chi connectivity index (χ1n) is 6.05. The highest BCUT2D eigenvalue weighted by Gasteiger charge is 2.13. The van der Waals surface area contributed by atoms with Crippen LogP contribution in [0, 0.1) is 5.82 Å². The third kappa shape index (κ3) is 3.66. The second-order valence-electron chi connectivity index (χ2n) is 4.31. The van der Waals surface area contributed by atoms with Crippen molar-refractivity contribution in [3.63, 3.8) is 0 Å². The summed E-state index contributed by atoms with van der Waals surface area (Å²) in [5.74, 6) is -0.665. The zero-order valence-corrected chi connectivity index (χ0v) is 10.6. The molecule has 4 nitrogen and oxygen atoms in total. The molecule has 0 aromatic heterocycles. The number of halogens is 1. The Labute approximate surface area is 116 Å². The van der Waals surface area contributed by atoms with Crippen molar-refractivity contribution in [3.05, 3.63) is 65.5 Å². The minimum atomic E-state index is -1.61. The van der Waals surface area contributed by atoms with Crippen LogP contribution in [0.25, 0.3) is 0 Å². The van der Waals surface area contributed by atoms with Gasteiger partial charge in [0.15, 0.2) is 0 Å². The number of rotatable bonds is 4. The van der Waals surface area contributed by atoms with Crippen LogP contribution in [0.3, 0.4) is 0 Å². The van der Waals surface area contributed by atoms with Crippen molar-refractivity contribution in [1.29, 1.82) is 0 Å². The van der Waals surface area contributed by atoms with Gasteiger partial charge in [0.05, 0.1) is 0 Å². The normalized spacial score (nSPS) is 10.2. The van der Waals surface area contributed by atoms with Crippen LogP contribution >= 0.6 is 0 Å². The molecule has 0 aliphatic heterocycles. The van der Waals surface area contributed by atoms with E-state index < -0.39 is 7.12 Å². The average Bonchev–Trinajstić information content (AvgIpc) is 2.46. The lowest BCUT2D eigenvalue weighted by Gasteiger charge is -2.07. The molecule has 0 heterocycles. The summed E-state index contributed by atoms with van der Waals surface area (Å²) in [4.78, 5) is 11.9. The molecule has 0 unspecified atom stereocenters. The van der Waals surface area contributed by atoms with Crippen molar-refractivity contribution in [3.8, 4) is 0 Å². The van der Waals surface area contributed by atoms with Crippen LogP contribution < -0.4 is 10.8 Å². The fourth-order valence-corrected chi connectivity index (χ4v) is 1.73. The van der Waals surface area contributed by atoms with Crippen molar-refractivity contribution in [2.24, 2.45) is 0 Å². The molecule has 6 heteroatoms. The van der Waals surface area contributed by atoms with E-state index in [1.807, 2.05) is 0 Å². The topological polar surface area (TPSA) is 69.6 Å². The van der Waals surface area contributed by atoms with Crippen molar-refractivity contribution in [1.82, 2.24) is 5.32 Å². The van der Waals surface area contributed by atoms with Crippen LogP contribution in [0.5, 0.6) is 0 Å². The Morgan fingerprint density at radius 1 is 1.15 bits per heavy atom. The lowest BCUT2D eigenvalue weighted by Crippen LogP contribution is -2.31. The quantitative estimate of drug-likeness (QED) is 0.708. The molecule has 2 aromatic carbocycles. The van der Waals surface area contributed by atoms with E-state index in [0.717, 1.165) is 5.56 Å². The zero-order chi connectivity index (χ0) is 14.5. The summed E-state index contributed by atoms with van der Waals surface area (Å²) in [5, 5.41) is 20.8. The fourth-order valence-electron chi connectivity index (χ4n) is 1.73. The van der Waals surface area contributed by atoms with Crippen LogP contribution in [0.2, 0.25) is 0 Å². The third-order valence-corrected chi connectivity index (χ3v) is 2.81. The highest BCUT2D eigenvalue weighted by atomic mass is 19.1. The second-order valence-corrected chi connectivity index (χ2v) is 4.31. The molecule has 102 valence electrons. The summed E-state index contributed by atoms with van der Waals surface area (Å²) in [5.41, 5.74) is 1.36. The fraction of sp³-hybridized carbons (Fsp3) is 0.0714. The molecule has 0 fully saturated rings.